The van der Waals surface area contributed by atoms with Gasteiger partial charge in [0.1, 0.15) is 5.52 Å². The van der Waals surface area contributed by atoms with Gasteiger partial charge in [0.05, 0.1) is 11.3 Å². The fourth-order valence-corrected chi connectivity index (χ4v) is 5.70. The maximum Gasteiger partial charge on any atom is 0.289 e. The Balaban J connectivity index is 1.90. The fourth-order valence-electron chi connectivity index (χ4n) is 4.46. The highest BCUT2D eigenvalue weighted by molar-refractivity contribution is 8.09. The molecule has 1 atom stereocenters. The van der Waals surface area contributed by atoms with Crippen molar-refractivity contribution in [2.75, 3.05) is 0 Å². The van der Waals surface area contributed by atoms with Gasteiger partial charge in [0.25, 0.3) is 11.7 Å². The zero-order chi connectivity index (χ0) is 23.0. The number of aryl methyl sites for hydroxylation is 1. The molecule has 3 N–H and O–H groups in total. The summed E-state index contributed by atoms with van der Waals surface area (Å²) in [6.07, 6.45) is 7.35. The Morgan fingerprint density at radius 3 is 2.69 bits per heavy atom. The molecule has 0 radical (unpaired) electrons. The Kier molecular flexibility index (Phi) is 6.11. The lowest BCUT2D eigenvalue weighted by atomic mass is 9.96. The SMILES string of the molecule is CCc1c(C(=O)C(N)=O)c2c(O)nc(C)cn2c1Cc1ccccc1C1=CCC(CC)S1. The molecule has 6 nitrogen and oxygen atoms in total. The van der Waals surface area contributed by atoms with Gasteiger partial charge in [0, 0.05) is 28.5 Å². The number of allylic oxidation sites excluding steroid dienone is 1. The number of rotatable bonds is 7. The highest BCUT2D eigenvalue weighted by Crippen LogP contribution is 2.42. The summed E-state index contributed by atoms with van der Waals surface area (Å²) in [6.45, 7) is 5.92. The van der Waals surface area contributed by atoms with Crippen LogP contribution in [0.25, 0.3) is 10.4 Å². The number of benzene rings is 1. The predicted octanol–water partition coefficient (Wildman–Crippen LogP) is 4.43. The molecule has 32 heavy (non-hydrogen) atoms. The van der Waals surface area contributed by atoms with Gasteiger partial charge in [-0.25, -0.2) is 4.98 Å². The normalized spacial score (nSPS) is 15.8. The van der Waals surface area contributed by atoms with Crippen LogP contribution in [0, 0.1) is 6.92 Å². The zero-order valence-corrected chi connectivity index (χ0v) is 19.3. The summed E-state index contributed by atoms with van der Waals surface area (Å²) in [7, 11) is 0. The molecule has 1 aliphatic rings. The molecule has 2 aromatic heterocycles. The molecule has 1 amide bonds. The molecule has 7 heteroatoms. The minimum absolute atomic E-state index is 0.151. The van der Waals surface area contributed by atoms with Crippen LogP contribution in [-0.4, -0.2) is 31.4 Å². The van der Waals surface area contributed by atoms with Crippen molar-refractivity contribution in [2.24, 2.45) is 5.73 Å². The fraction of sp³-hybridized carbons (Fsp3) is 0.320. The molecule has 1 aromatic carbocycles. The number of nitrogens with two attached hydrogens (primary N) is 1. The van der Waals surface area contributed by atoms with Gasteiger partial charge in [-0.2, -0.15) is 0 Å². The Morgan fingerprint density at radius 1 is 1.28 bits per heavy atom. The van der Waals surface area contributed by atoms with Crippen molar-refractivity contribution in [3.63, 3.8) is 0 Å². The van der Waals surface area contributed by atoms with Gasteiger partial charge < -0.3 is 15.2 Å². The van der Waals surface area contributed by atoms with E-state index in [0.29, 0.717) is 29.3 Å². The van der Waals surface area contributed by atoms with Gasteiger partial charge >= 0.3 is 0 Å². The van der Waals surface area contributed by atoms with E-state index in [1.54, 1.807) is 17.5 Å². The average molecular weight is 450 g/mol. The van der Waals surface area contributed by atoms with Crippen LogP contribution in [0.15, 0.2) is 36.5 Å². The lowest BCUT2D eigenvalue weighted by Gasteiger charge is -2.13. The van der Waals surface area contributed by atoms with Crippen LogP contribution in [-0.2, 0) is 17.6 Å². The quantitative estimate of drug-likeness (QED) is 0.411. The smallest absolute Gasteiger partial charge is 0.289 e. The van der Waals surface area contributed by atoms with Crippen molar-refractivity contribution in [3.8, 4) is 5.88 Å². The van der Waals surface area contributed by atoms with Gasteiger partial charge in [-0.05, 0) is 42.9 Å². The zero-order valence-electron chi connectivity index (χ0n) is 18.5. The minimum Gasteiger partial charge on any atom is -0.492 e. The van der Waals surface area contributed by atoms with Gasteiger partial charge in [-0.1, -0.05) is 44.2 Å². The van der Waals surface area contributed by atoms with Crippen LogP contribution < -0.4 is 5.73 Å². The van der Waals surface area contributed by atoms with E-state index < -0.39 is 11.7 Å². The molecule has 0 fully saturated rings. The summed E-state index contributed by atoms with van der Waals surface area (Å²) in [5, 5.41) is 11.2. The lowest BCUT2D eigenvalue weighted by Crippen LogP contribution is -2.24. The Labute approximate surface area is 191 Å². The van der Waals surface area contributed by atoms with Crippen molar-refractivity contribution < 1.29 is 14.7 Å². The first kappa shape index (κ1) is 22.1. The molecular weight excluding hydrogens is 422 g/mol. The first-order valence-electron chi connectivity index (χ1n) is 10.9. The molecule has 1 aliphatic heterocycles. The van der Waals surface area contributed by atoms with Gasteiger partial charge in [0.15, 0.2) is 0 Å². The molecule has 0 spiro atoms. The summed E-state index contributed by atoms with van der Waals surface area (Å²) in [5.74, 6) is -2.12. The molecule has 0 aliphatic carbocycles. The van der Waals surface area contributed by atoms with Crippen LogP contribution in [0.3, 0.4) is 0 Å². The minimum atomic E-state index is -1.04. The number of carbonyl (C=O) groups is 2. The van der Waals surface area contributed by atoms with Crippen molar-refractivity contribution in [3.05, 3.63) is 70.2 Å². The van der Waals surface area contributed by atoms with E-state index in [9.17, 15) is 14.7 Å². The predicted molar refractivity (Wildman–Crippen MR) is 128 cm³/mol. The first-order valence-corrected chi connectivity index (χ1v) is 11.7. The molecule has 1 unspecified atom stereocenters. The van der Waals surface area contributed by atoms with Crippen molar-refractivity contribution in [2.45, 2.75) is 51.7 Å². The number of ketones is 1. The van der Waals surface area contributed by atoms with Crippen LogP contribution in [0.4, 0.5) is 0 Å². The standard InChI is InChI=1S/C25H27N3O3S/c1-4-16-10-11-20(32-16)18-9-7-6-8-15(18)12-19-17(5-2)21(23(29)24(26)30)22-25(31)27-14(3)13-28(19)22/h6-9,11,13,16H,4-5,10,12H2,1-3H3,(H2,26,30)(H,27,31). The number of aromatic nitrogens is 2. The summed E-state index contributed by atoms with van der Waals surface area (Å²) in [6, 6.07) is 8.28. The summed E-state index contributed by atoms with van der Waals surface area (Å²) < 4.78 is 1.80. The Hall–Kier alpha value is -3.06. The van der Waals surface area contributed by atoms with Crippen molar-refractivity contribution >= 4 is 33.9 Å². The molecule has 166 valence electrons. The third-order valence-electron chi connectivity index (χ3n) is 5.99. The maximum absolute atomic E-state index is 12.7. The Morgan fingerprint density at radius 2 is 2.03 bits per heavy atom. The number of Topliss-reactive ketones (excluding diaryl/α,β-unsaturated/α-hetero) is 1. The molecule has 4 rings (SSSR count). The molecule has 0 saturated heterocycles. The van der Waals surface area contributed by atoms with E-state index in [-0.39, 0.29) is 17.0 Å². The second kappa shape index (κ2) is 8.82. The van der Waals surface area contributed by atoms with E-state index in [1.807, 2.05) is 30.8 Å². The highest BCUT2D eigenvalue weighted by Gasteiger charge is 2.29. The largest absolute Gasteiger partial charge is 0.492 e. The number of thioether (sulfide) groups is 1. The third-order valence-corrected chi connectivity index (χ3v) is 7.49. The molecule has 0 saturated carbocycles. The monoisotopic (exact) mass is 449 g/mol. The number of hydrogen-bond donors (Lipinski definition) is 2. The number of hydrogen-bond acceptors (Lipinski definition) is 5. The van der Waals surface area contributed by atoms with E-state index in [0.717, 1.165) is 24.1 Å². The van der Waals surface area contributed by atoms with E-state index in [1.165, 1.54) is 10.5 Å². The van der Waals surface area contributed by atoms with Gasteiger partial charge in [0.2, 0.25) is 5.88 Å². The van der Waals surface area contributed by atoms with Gasteiger partial charge in [-0.3, -0.25) is 9.59 Å². The lowest BCUT2D eigenvalue weighted by molar-refractivity contribution is -0.114. The molecular formula is C25H27N3O3S. The van der Waals surface area contributed by atoms with E-state index in [2.05, 4.69) is 30.1 Å². The van der Waals surface area contributed by atoms with Crippen LogP contribution >= 0.6 is 11.8 Å². The highest BCUT2D eigenvalue weighted by atomic mass is 32.2. The van der Waals surface area contributed by atoms with Crippen molar-refractivity contribution in [1.82, 2.24) is 9.38 Å². The van der Waals surface area contributed by atoms with Gasteiger partial charge in [-0.15, -0.1) is 11.8 Å². The van der Waals surface area contributed by atoms with Crippen molar-refractivity contribution in [1.29, 1.82) is 0 Å². The summed E-state index contributed by atoms with van der Waals surface area (Å²) in [5.41, 5.74) is 10.2. The van der Waals surface area contributed by atoms with Crippen LogP contribution in [0.1, 0.15) is 65.1 Å². The maximum atomic E-state index is 12.7. The second-order valence-electron chi connectivity index (χ2n) is 8.06. The van der Waals surface area contributed by atoms with E-state index >= 15 is 0 Å². The Bertz CT molecular complexity index is 1260. The van der Waals surface area contributed by atoms with Crippen LogP contribution in [0.5, 0.6) is 5.88 Å². The molecule has 0 bridgehead atoms. The number of fused-ring (bicyclic) bond motifs is 1. The number of carbonyl (C=O) groups excluding carboxylic acids is 2. The summed E-state index contributed by atoms with van der Waals surface area (Å²) >= 11 is 1.91. The molecule has 3 heterocycles. The number of amides is 1. The first-order chi connectivity index (χ1) is 15.3. The number of nitrogens with zero attached hydrogens (tertiary/aromatic N) is 2. The average Bonchev–Trinajstić information content (AvgIpc) is 3.36. The number of primary amides is 1. The summed E-state index contributed by atoms with van der Waals surface area (Å²) in [4.78, 5) is 29.9. The number of aromatic hydroxyl groups is 1. The van der Waals surface area contributed by atoms with Crippen LogP contribution in [0.2, 0.25) is 0 Å². The molecule has 3 aromatic rings. The second-order valence-corrected chi connectivity index (χ2v) is 9.40. The topological polar surface area (TPSA) is 97.7 Å². The van der Waals surface area contributed by atoms with E-state index in [4.69, 9.17) is 5.73 Å². The third kappa shape index (κ3) is 3.81.